The molecular formula is C22H26N10O16P2. The van der Waals surface area contributed by atoms with Crippen molar-refractivity contribution in [1.82, 2.24) is 39.0 Å². The Balaban J connectivity index is 1.20. The maximum atomic E-state index is 13.2. The molecule has 50 heavy (non-hydrogen) atoms. The number of anilines is 2. The largest absolute Gasteiger partial charge is 0.481 e. The number of nitrogens with two attached hydrogens (primary N) is 2. The molecule has 3 fully saturated rings. The number of nitrogens with zero attached hydrogens (tertiary/aromatic N) is 6. The second kappa shape index (κ2) is 12.3. The molecule has 3 aliphatic heterocycles. The Morgan fingerprint density at radius 1 is 0.860 bits per heavy atom. The number of phosphoric acid groups is 2. The number of imidazole rings is 2. The number of carbonyl (C=O) groups is 1. The van der Waals surface area contributed by atoms with Crippen molar-refractivity contribution in [1.29, 1.82) is 0 Å². The molecular weight excluding hydrogens is 722 g/mol. The van der Waals surface area contributed by atoms with Gasteiger partial charge in [-0.2, -0.15) is 9.97 Å². The number of nitrogen functional groups attached to an aromatic ring is 2. The minimum atomic E-state index is -5.23. The van der Waals surface area contributed by atoms with Crippen molar-refractivity contribution in [3.05, 3.63) is 32.9 Å². The Bertz CT molecular complexity index is 2220. The summed E-state index contributed by atoms with van der Waals surface area (Å²) in [6, 6.07) is 0. The summed E-state index contributed by atoms with van der Waals surface area (Å²) in [4.78, 5) is 78.0. The molecule has 10 atom stereocenters. The number of rotatable bonds is 4. The number of hydrogen-bond acceptors (Lipinski definition) is 19. The molecule has 11 N–H and O–H groups in total. The molecule has 4 unspecified atom stereocenters. The third-order valence-electron chi connectivity index (χ3n) is 7.86. The monoisotopic (exact) mass is 748 g/mol. The van der Waals surface area contributed by atoms with Crippen molar-refractivity contribution in [2.75, 3.05) is 24.7 Å². The molecule has 0 radical (unpaired) electrons. The van der Waals surface area contributed by atoms with Crippen molar-refractivity contribution < 1.29 is 66.6 Å². The van der Waals surface area contributed by atoms with E-state index in [0.717, 1.165) is 15.5 Å². The van der Waals surface area contributed by atoms with Crippen LogP contribution in [0.15, 0.2) is 15.9 Å². The number of fused-ring (bicyclic) bond motifs is 4. The zero-order chi connectivity index (χ0) is 35.9. The van der Waals surface area contributed by atoms with Crippen molar-refractivity contribution in [3.63, 3.8) is 0 Å². The summed E-state index contributed by atoms with van der Waals surface area (Å²) in [5.41, 5.74) is 8.62. The number of phosphoric ester groups is 2. The van der Waals surface area contributed by atoms with Crippen LogP contribution < -0.4 is 22.6 Å². The first kappa shape index (κ1) is 34.3. The van der Waals surface area contributed by atoms with Gasteiger partial charge < -0.3 is 46.0 Å². The van der Waals surface area contributed by atoms with Crippen LogP contribution in [0.2, 0.25) is 0 Å². The first-order chi connectivity index (χ1) is 23.5. The van der Waals surface area contributed by atoms with E-state index >= 15 is 0 Å². The number of nitrogens with one attached hydrogen (secondary N) is 2. The van der Waals surface area contributed by atoms with Crippen LogP contribution in [0.3, 0.4) is 0 Å². The van der Waals surface area contributed by atoms with Crippen LogP contribution >= 0.6 is 15.6 Å². The molecule has 0 amide bonds. The lowest BCUT2D eigenvalue weighted by atomic mass is 10.1. The standard InChI is InChI=1S/C22H26N10O16P2/c23-21-27-15-9(17(37)29-21)25-4-31(15)19-11(35)13-5(45-19)2-43-50(41,42)48-14-6(3-44-49(39,40)47-13)46-20(12(14)36)32-7(1-8(33)34)26-10-16(32)28-22(24)30-18(10)38/h4-6,11-14,19-20,35-36H,1-3H2,(H,33,34)(H,39,40)(H,41,42)(H3,23,27,29,37)(H3,24,28,30,38)/t5-,6-,11-,12-,13?,14?,19+,20+/m0/s1. The summed E-state index contributed by atoms with van der Waals surface area (Å²) in [6.45, 7) is -1.92. The zero-order valence-corrected chi connectivity index (χ0v) is 26.6. The molecule has 0 aliphatic carbocycles. The summed E-state index contributed by atoms with van der Waals surface area (Å²) in [5.74, 6) is -2.49. The summed E-state index contributed by atoms with van der Waals surface area (Å²) in [6.07, 6.45) is -13.8. The molecule has 28 heteroatoms. The summed E-state index contributed by atoms with van der Waals surface area (Å²) in [5, 5.41) is 31.9. The normalized spacial score (nSPS) is 35.0. The molecule has 0 spiro atoms. The van der Waals surface area contributed by atoms with Gasteiger partial charge in [0.05, 0.1) is 19.5 Å². The number of aliphatic hydroxyl groups excluding tert-OH is 2. The second-order valence-electron chi connectivity index (χ2n) is 11.1. The van der Waals surface area contributed by atoms with E-state index < -0.39 is 113 Å². The Kier molecular flexibility index (Phi) is 8.40. The van der Waals surface area contributed by atoms with E-state index in [1.165, 1.54) is 0 Å². The predicted octanol–water partition coefficient (Wildman–Crippen LogP) is -3.42. The van der Waals surface area contributed by atoms with Crippen LogP contribution in [0, 0.1) is 0 Å². The summed E-state index contributed by atoms with van der Waals surface area (Å²) >= 11 is 0. The zero-order valence-electron chi connectivity index (χ0n) is 24.8. The third kappa shape index (κ3) is 6.10. The fraction of sp³-hybridized carbons (Fsp3) is 0.500. The van der Waals surface area contributed by atoms with E-state index in [-0.39, 0.29) is 28.6 Å². The lowest BCUT2D eigenvalue weighted by Crippen LogP contribution is -2.39. The van der Waals surface area contributed by atoms with Crippen LogP contribution in [-0.2, 0) is 47.9 Å². The van der Waals surface area contributed by atoms with Crippen molar-refractivity contribution in [2.24, 2.45) is 0 Å². The van der Waals surface area contributed by atoms with Crippen LogP contribution in [0.1, 0.15) is 18.3 Å². The minimum Gasteiger partial charge on any atom is -0.481 e. The van der Waals surface area contributed by atoms with E-state index in [0.29, 0.717) is 0 Å². The third-order valence-corrected chi connectivity index (χ3v) is 9.83. The Labute approximate surface area is 274 Å². The maximum absolute atomic E-state index is 13.2. The molecule has 4 aromatic heterocycles. The number of carboxylic acid groups (broad SMARTS) is 1. The molecule has 7 rings (SSSR count). The number of aromatic nitrogens is 8. The van der Waals surface area contributed by atoms with Crippen LogP contribution in [-0.4, -0.2) is 120 Å². The van der Waals surface area contributed by atoms with E-state index in [1.807, 2.05) is 0 Å². The molecule has 4 aromatic rings. The van der Waals surface area contributed by atoms with Gasteiger partial charge in [0.1, 0.15) is 48.9 Å². The minimum absolute atomic E-state index is 0.152. The van der Waals surface area contributed by atoms with Crippen LogP contribution in [0.25, 0.3) is 22.3 Å². The molecule has 3 saturated heterocycles. The number of H-pyrrole nitrogens is 2. The SMILES string of the molecule is Nc1nc2c(ncn2[C@@H]2O[C@H]3COP(=O)(O)OC4[C@H](COP(=O)(O)OC3[C@@H]2O)O[C@@H](n2c(CC(=O)O)nc3c(=O)[nH]c(N)nc32)[C@H]4O)c(=O)[nH]1. The average molecular weight is 748 g/mol. The molecule has 0 bridgehead atoms. The topological polar surface area (TPSA) is 387 Å². The van der Waals surface area contributed by atoms with Crippen LogP contribution in [0.5, 0.6) is 0 Å². The molecule has 0 aromatic carbocycles. The molecule has 3 aliphatic rings. The Morgan fingerprint density at radius 3 is 1.96 bits per heavy atom. The van der Waals surface area contributed by atoms with Gasteiger partial charge in [-0.3, -0.25) is 51.6 Å². The van der Waals surface area contributed by atoms with Gasteiger partial charge in [-0.05, 0) is 0 Å². The molecule has 0 saturated carbocycles. The molecule has 26 nitrogen and oxygen atoms in total. The predicted molar refractivity (Wildman–Crippen MR) is 158 cm³/mol. The van der Waals surface area contributed by atoms with Gasteiger partial charge in [-0.1, -0.05) is 0 Å². The first-order valence-corrected chi connectivity index (χ1v) is 17.2. The molecule has 270 valence electrons. The smallest absolute Gasteiger partial charge is 0.472 e. The number of aliphatic carboxylic acids is 1. The van der Waals surface area contributed by atoms with E-state index in [2.05, 4.69) is 29.9 Å². The van der Waals surface area contributed by atoms with Gasteiger partial charge in [-0.15, -0.1) is 0 Å². The lowest BCUT2D eigenvalue weighted by molar-refractivity contribution is -0.136. The van der Waals surface area contributed by atoms with Crippen molar-refractivity contribution in [3.8, 4) is 0 Å². The fourth-order valence-corrected chi connectivity index (χ4v) is 7.75. The Hall–Kier alpha value is -4.17. The highest BCUT2D eigenvalue weighted by molar-refractivity contribution is 7.47. The van der Waals surface area contributed by atoms with Gasteiger partial charge in [-0.25, -0.2) is 19.1 Å². The number of carboxylic acids is 1. The Morgan fingerprint density at radius 2 is 1.38 bits per heavy atom. The summed E-state index contributed by atoms with van der Waals surface area (Å²) < 4.78 is 60.6. The quantitative estimate of drug-likeness (QED) is 0.0917. The highest BCUT2D eigenvalue weighted by atomic mass is 31.2. The van der Waals surface area contributed by atoms with Crippen LogP contribution in [0.4, 0.5) is 11.9 Å². The van der Waals surface area contributed by atoms with E-state index in [4.69, 9.17) is 39.0 Å². The van der Waals surface area contributed by atoms with Crippen molar-refractivity contribution >= 4 is 55.8 Å². The van der Waals surface area contributed by atoms with E-state index in [1.54, 1.807) is 0 Å². The number of hydrogen-bond donors (Lipinski definition) is 9. The fourth-order valence-electron chi connectivity index (χ4n) is 5.82. The van der Waals surface area contributed by atoms with Crippen molar-refractivity contribution in [2.45, 2.75) is 55.5 Å². The molecule has 7 heterocycles. The number of aliphatic hydroxyl groups is 2. The first-order valence-electron chi connectivity index (χ1n) is 14.2. The number of aromatic amines is 2. The maximum Gasteiger partial charge on any atom is 0.472 e. The van der Waals surface area contributed by atoms with Gasteiger partial charge in [0.15, 0.2) is 34.8 Å². The summed E-state index contributed by atoms with van der Waals surface area (Å²) in [7, 11) is -10.4. The van der Waals surface area contributed by atoms with Gasteiger partial charge in [0.2, 0.25) is 11.9 Å². The lowest BCUT2D eigenvalue weighted by Gasteiger charge is -2.27. The average Bonchev–Trinajstić information content (AvgIpc) is 3.74. The van der Waals surface area contributed by atoms with Gasteiger partial charge >= 0.3 is 21.6 Å². The van der Waals surface area contributed by atoms with Gasteiger partial charge in [0.25, 0.3) is 11.1 Å². The highest BCUT2D eigenvalue weighted by Gasteiger charge is 2.54. The van der Waals surface area contributed by atoms with Gasteiger partial charge in [0, 0.05) is 0 Å². The number of ether oxygens (including phenoxy) is 2. The second-order valence-corrected chi connectivity index (χ2v) is 14.0. The van der Waals surface area contributed by atoms with E-state index in [9.17, 15) is 48.6 Å². The highest BCUT2D eigenvalue weighted by Crippen LogP contribution is 2.53.